The number of halogens is 1. The summed E-state index contributed by atoms with van der Waals surface area (Å²) in [5, 5.41) is 0.545. The van der Waals surface area contributed by atoms with E-state index in [2.05, 4.69) is 28.8 Å². The van der Waals surface area contributed by atoms with Crippen molar-refractivity contribution in [3.63, 3.8) is 0 Å². The van der Waals surface area contributed by atoms with Crippen LogP contribution in [0.15, 0.2) is 6.07 Å². The molecule has 3 nitrogen and oxygen atoms in total. The third-order valence-electron chi connectivity index (χ3n) is 3.87. The van der Waals surface area contributed by atoms with Crippen LogP contribution in [0.2, 0.25) is 5.15 Å². The van der Waals surface area contributed by atoms with Crippen LogP contribution < -0.4 is 0 Å². The van der Waals surface area contributed by atoms with Gasteiger partial charge in [-0.25, -0.2) is 9.97 Å². The number of hydrogen-bond donors (Lipinski definition) is 0. The van der Waals surface area contributed by atoms with E-state index >= 15 is 0 Å². The lowest BCUT2D eigenvalue weighted by molar-refractivity contribution is 0.160. The second kappa shape index (κ2) is 5.98. The molecule has 2 rings (SSSR count). The molecule has 1 saturated carbocycles. The van der Waals surface area contributed by atoms with Crippen molar-refractivity contribution in [3.8, 4) is 0 Å². The zero-order chi connectivity index (χ0) is 13.1. The van der Waals surface area contributed by atoms with Crippen LogP contribution in [0.4, 0.5) is 0 Å². The van der Waals surface area contributed by atoms with E-state index in [0.717, 1.165) is 24.0 Å². The van der Waals surface area contributed by atoms with E-state index in [4.69, 9.17) is 11.6 Å². The highest BCUT2D eigenvalue weighted by atomic mass is 35.5. The first-order valence-electron chi connectivity index (χ1n) is 6.75. The highest BCUT2D eigenvalue weighted by molar-refractivity contribution is 6.29. The molecule has 4 heteroatoms. The van der Waals surface area contributed by atoms with Gasteiger partial charge in [0, 0.05) is 11.7 Å². The van der Waals surface area contributed by atoms with Crippen LogP contribution in [-0.4, -0.2) is 28.0 Å². The predicted molar refractivity (Wildman–Crippen MR) is 74.7 cm³/mol. The molecule has 18 heavy (non-hydrogen) atoms. The van der Waals surface area contributed by atoms with Gasteiger partial charge in [0.05, 0.1) is 6.54 Å². The molecule has 1 heterocycles. The minimum absolute atomic E-state index is 0.545. The van der Waals surface area contributed by atoms with E-state index in [-0.39, 0.29) is 0 Å². The summed E-state index contributed by atoms with van der Waals surface area (Å²) in [4.78, 5) is 11.1. The summed E-state index contributed by atoms with van der Waals surface area (Å²) in [5.74, 6) is 1.72. The first kappa shape index (κ1) is 13.8. The van der Waals surface area contributed by atoms with Crippen molar-refractivity contribution < 1.29 is 0 Å². The van der Waals surface area contributed by atoms with Gasteiger partial charge < -0.3 is 0 Å². The lowest BCUT2D eigenvalue weighted by Gasteiger charge is -2.33. The van der Waals surface area contributed by atoms with E-state index in [1.807, 2.05) is 6.92 Å². The minimum Gasteiger partial charge on any atom is -0.296 e. The molecular weight excluding hydrogens is 246 g/mol. The second-order valence-electron chi connectivity index (χ2n) is 5.58. The van der Waals surface area contributed by atoms with Gasteiger partial charge in [-0.05, 0) is 51.6 Å². The third kappa shape index (κ3) is 3.66. The van der Waals surface area contributed by atoms with Crippen LogP contribution in [0.25, 0.3) is 0 Å². The maximum Gasteiger partial charge on any atom is 0.144 e. The Labute approximate surface area is 115 Å². The summed E-state index contributed by atoms with van der Waals surface area (Å²) in [5.41, 5.74) is 0.940. The van der Waals surface area contributed by atoms with E-state index < -0.39 is 0 Å². The van der Waals surface area contributed by atoms with Gasteiger partial charge in [0.1, 0.15) is 11.0 Å². The number of hydrogen-bond acceptors (Lipinski definition) is 3. The molecule has 0 radical (unpaired) electrons. The smallest absolute Gasteiger partial charge is 0.144 e. The number of aryl methyl sites for hydroxylation is 1. The zero-order valence-corrected chi connectivity index (χ0v) is 12.2. The molecule has 0 unspecified atom stereocenters. The third-order valence-corrected chi connectivity index (χ3v) is 4.06. The monoisotopic (exact) mass is 267 g/mol. The highest BCUT2D eigenvalue weighted by Crippen LogP contribution is 2.27. The number of nitrogens with zero attached hydrogens (tertiary/aromatic N) is 3. The maximum absolute atomic E-state index is 5.97. The molecule has 1 aliphatic carbocycles. The molecule has 1 aliphatic rings. The molecule has 0 spiro atoms. The highest BCUT2D eigenvalue weighted by Gasteiger charge is 2.22. The number of rotatable bonds is 3. The van der Waals surface area contributed by atoms with Crippen LogP contribution >= 0.6 is 11.6 Å². The normalized spacial score (nSPS) is 24.5. The van der Waals surface area contributed by atoms with Crippen molar-refractivity contribution in [2.75, 3.05) is 7.05 Å². The Morgan fingerprint density at radius 2 is 1.94 bits per heavy atom. The molecule has 0 amide bonds. The van der Waals surface area contributed by atoms with Gasteiger partial charge in [0.25, 0.3) is 0 Å². The average Bonchev–Trinajstić information content (AvgIpc) is 2.28. The second-order valence-corrected chi connectivity index (χ2v) is 5.96. The van der Waals surface area contributed by atoms with E-state index in [1.54, 1.807) is 6.07 Å². The van der Waals surface area contributed by atoms with Gasteiger partial charge in [-0.3, -0.25) is 4.90 Å². The van der Waals surface area contributed by atoms with E-state index in [0.29, 0.717) is 11.2 Å². The minimum atomic E-state index is 0.545. The lowest BCUT2D eigenvalue weighted by Crippen LogP contribution is -2.34. The summed E-state index contributed by atoms with van der Waals surface area (Å²) in [6.45, 7) is 5.10. The molecule has 1 aromatic heterocycles. The first-order valence-corrected chi connectivity index (χ1v) is 7.12. The van der Waals surface area contributed by atoms with Gasteiger partial charge in [0.2, 0.25) is 0 Å². The van der Waals surface area contributed by atoms with Gasteiger partial charge >= 0.3 is 0 Å². The van der Waals surface area contributed by atoms with Crippen molar-refractivity contribution in [3.05, 3.63) is 22.7 Å². The Kier molecular flexibility index (Phi) is 4.57. The molecule has 0 N–H and O–H groups in total. The quantitative estimate of drug-likeness (QED) is 0.786. The fraction of sp³-hybridized carbons (Fsp3) is 0.714. The topological polar surface area (TPSA) is 29.0 Å². The Balaban J connectivity index is 1.96. The molecular formula is C14H22ClN3. The standard InChI is InChI=1S/C14H22ClN3/c1-10-4-6-12(7-5-10)18(3)9-14-16-11(2)8-13(15)17-14/h8,10,12H,4-7,9H2,1-3H3. The molecule has 100 valence electrons. The van der Waals surface area contributed by atoms with E-state index in [9.17, 15) is 0 Å². The van der Waals surface area contributed by atoms with Gasteiger partial charge in [-0.15, -0.1) is 0 Å². The number of aromatic nitrogens is 2. The predicted octanol–water partition coefficient (Wildman–Crippen LogP) is 3.45. The molecule has 0 atom stereocenters. The van der Waals surface area contributed by atoms with Crippen molar-refractivity contribution in [2.45, 2.75) is 52.1 Å². The summed E-state index contributed by atoms with van der Waals surface area (Å²) < 4.78 is 0. The Morgan fingerprint density at radius 3 is 2.56 bits per heavy atom. The van der Waals surface area contributed by atoms with Crippen LogP contribution in [0.3, 0.4) is 0 Å². The van der Waals surface area contributed by atoms with Crippen LogP contribution in [0.5, 0.6) is 0 Å². The Morgan fingerprint density at radius 1 is 1.28 bits per heavy atom. The molecule has 1 fully saturated rings. The largest absolute Gasteiger partial charge is 0.296 e. The Hall–Kier alpha value is -0.670. The molecule has 1 aromatic rings. The summed E-state index contributed by atoms with van der Waals surface area (Å²) in [6, 6.07) is 2.47. The van der Waals surface area contributed by atoms with Crippen molar-refractivity contribution in [2.24, 2.45) is 5.92 Å². The molecule has 0 saturated heterocycles. The zero-order valence-electron chi connectivity index (χ0n) is 11.5. The fourth-order valence-electron chi connectivity index (χ4n) is 2.69. The van der Waals surface area contributed by atoms with Gasteiger partial charge in [0.15, 0.2) is 0 Å². The molecule has 0 aliphatic heterocycles. The maximum atomic E-state index is 5.97. The van der Waals surface area contributed by atoms with Crippen LogP contribution in [0, 0.1) is 12.8 Å². The van der Waals surface area contributed by atoms with Crippen molar-refractivity contribution >= 4 is 11.6 Å². The molecule has 0 bridgehead atoms. The van der Waals surface area contributed by atoms with Crippen LogP contribution in [-0.2, 0) is 6.54 Å². The van der Waals surface area contributed by atoms with Crippen molar-refractivity contribution in [1.82, 2.24) is 14.9 Å². The summed E-state index contributed by atoms with van der Waals surface area (Å²) in [7, 11) is 2.17. The average molecular weight is 268 g/mol. The van der Waals surface area contributed by atoms with Crippen LogP contribution in [0.1, 0.15) is 44.1 Å². The van der Waals surface area contributed by atoms with E-state index in [1.165, 1.54) is 25.7 Å². The van der Waals surface area contributed by atoms with Gasteiger partial charge in [-0.2, -0.15) is 0 Å². The Bertz CT molecular complexity index is 380. The van der Waals surface area contributed by atoms with Crippen molar-refractivity contribution in [1.29, 1.82) is 0 Å². The van der Waals surface area contributed by atoms with Gasteiger partial charge in [-0.1, -0.05) is 18.5 Å². The fourth-order valence-corrected chi connectivity index (χ4v) is 2.95. The first-order chi connectivity index (χ1) is 8.54. The SMILES string of the molecule is Cc1cc(Cl)nc(CN(C)C2CCC(C)CC2)n1. The summed E-state index contributed by atoms with van der Waals surface area (Å²) >= 11 is 5.97. The summed E-state index contributed by atoms with van der Waals surface area (Å²) in [6.07, 6.45) is 5.25. The lowest BCUT2D eigenvalue weighted by atomic mass is 9.87. The molecule has 0 aromatic carbocycles.